The summed E-state index contributed by atoms with van der Waals surface area (Å²) in [6.07, 6.45) is 2.34. The molecule has 0 bridgehead atoms. The topological polar surface area (TPSA) is 0 Å². The second-order valence-corrected chi connectivity index (χ2v) is 15.7. The second kappa shape index (κ2) is 18.2. The smallest absolute Gasteiger partial charge is 1.00 e. The second-order valence-electron chi connectivity index (χ2n) is 12.8. The molecule has 4 rings (SSSR count). The maximum atomic E-state index is 2.52. The van der Waals surface area contributed by atoms with Crippen LogP contribution in [0.5, 0.6) is 0 Å². The normalized spacial score (nSPS) is 12.0. The molecule has 0 aliphatic carbocycles. The van der Waals surface area contributed by atoms with Crippen molar-refractivity contribution >= 4 is 19.2 Å². The predicted molar refractivity (Wildman–Crippen MR) is 181 cm³/mol. The molecule has 0 aliphatic rings. The van der Waals surface area contributed by atoms with E-state index in [0.29, 0.717) is 11.8 Å². The number of aryl methyl sites for hydroxylation is 4. The van der Waals surface area contributed by atoms with Gasteiger partial charge < -0.3 is 37.2 Å². The molecule has 0 aliphatic heterocycles. The van der Waals surface area contributed by atoms with Crippen LogP contribution in [0.25, 0.3) is 11.1 Å². The molecule has 5 heteroatoms. The monoisotopic (exact) mass is 700 g/mol. The zero-order chi connectivity index (χ0) is 29.3. The van der Waals surface area contributed by atoms with Crippen LogP contribution >= 0.6 is 0 Å². The fraction of sp³-hybridized carbons (Fsp3) is 0.410. The molecule has 0 fully saturated rings. The molecule has 0 saturated carbocycles. The average molecular weight is 702 g/mol. The van der Waals surface area contributed by atoms with Crippen molar-refractivity contribution < 1.29 is 58.9 Å². The number of rotatable bonds is 9. The van der Waals surface area contributed by atoms with Gasteiger partial charge in [0.15, 0.2) is 0 Å². The van der Waals surface area contributed by atoms with Gasteiger partial charge in [-0.1, -0.05) is 158 Å². The number of hydrogen-bond acceptors (Lipinski definition) is 0. The summed E-state index contributed by atoms with van der Waals surface area (Å²) >= 11 is 0. The summed E-state index contributed by atoms with van der Waals surface area (Å²) in [7, 11) is -1.55. The van der Waals surface area contributed by atoms with Gasteiger partial charge >= 0.3 is 21.7 Å². The van der Waals surface area contributed by atoms with Crippen LogP contribution in [0.3, 0.4) is 0 Å². The van der Waals surface area contributed by atoms with Gasteiger partial charge in [0, 0.05) is 0 Å². The zero-order valence-electron chi connectivity index (χ0n) is 28.7. The van der Waals surface area contributed by atoms with E-state index >= 15 is 0 Å². The minimum atomic E-state index is -1.55. The SMILES string of the molecule is CCC(C)c1cc(-c2c(C)c(C)c(C)[c-]2C[SiH](c2cc(C)cc(C)c2)c2cc(C)cc(C)c2)cc(C(C)CC)c1.[Cl-].[Cl-].[Cl-].[Ti+4]. The molecule has 0 nitrogen and oxygen atoms in total. The summed E-state index contributed by atoms with van der Waals surface area (Å²) in [5.74, 6) is 1.13. The Morgan fingerprint density at radius 3 is 1.32 bits per heavy atom. The van der Waals surface area contributed by atoms with Crippen LogP contribution in [0.15, 0.2) is 54.6 Å². The fourth-order valence-electron chi connectivity index (χ4n) is 6.67. The minimum absolute atomic E-state index is 0. The first-order valence-electron chi connectivity index (χ1n) is 15.5. The van der Waals surface area contributed by atoms with Gasteiger partial charge in [0.1, 0.15) is 0 Å². The van der Waals surface area contributed by atoms with Crippen molar-refractivity contribution in [3.05, 3.63) is 110 Å². The van der Waals surface area contributed by atoms with Crippen molar-refractivity contribution in [3.63, 3.8) is 0 Å². The van der Waals surface area contributed by atoms with Crippen LogP contribution in [-0.2, 0) is 27.8 Å². The Morgan fingerprint density at radius 1 is 0.568 bits per heavy atom. The van der Waals surface area contributed by atoms with E-state index in [1.165, 1.54) is 74.0 Å². The minimum Gasteiger partial charge on any atom is -1.00 e. The van der Waals surface area contributed by atoms with Gasteiger partial charge in [0.25, 0.3) is 0 Å². The molecule has 4 aromatic rings. The summed E-state index contributed by atoms with van der Waals surface area (Å²) < 4.78 is 0. The summed E-state index contributed by atoms with van der Waals surface area (Å²) in [5, 5.41) is 3.14. The first-order valence-corrected chi connectivity index (χ1v) is 17.5. The Balaban J connectivity index is 0.00000462. The number of benzene rings is 3. The maximum absolute atomic E-state index is 2.52. The number of halogens is 3. The molecule has 0 aromatic heterocycles. The fourth-order valence-corrected chi connectivity index (χ4v) is 10.3. The van der Waals surface area contributed by atoms with E-state index in [4.69, 9.17) is 0 Å². The largest absolute Gasteiger partial charge is 4.00 e. The van der Waals surface area contributed by atoms with Crippen LogP contribution < -0.4 is 47.6 Å². The molecule has 0 radical (unpaired) electrons. The van der Waals surface area contributed by atoms with Crippen LogP contribution in [0, 0.1) is 48.5 Å². The van der Waals surface area contributed by atoms with E-state index in [1.54, 1.807) is 15.9 Å². The molecule has 2 unspecified atom stereocenters. The summed E-state index contributed by atoms with van der Waals surface area (Å²) in [4.78, 5) is 0. The van der Waals surface area contributed by atoms with Crippen molar-refractivity contribution in [2.75, 3.05) is 0 Å². The maximum Gasteiger partial charge on any atom is 4.00 e. The van der Waals surface area contributed by atoms with Gasteiger partial charge in [0.2, 0.25) is 0 Å². The Hall–Kier alpha value is -1.19. The van der Waals surface area contributed by atoms with Crippen LogP contribution in [0.1, 0.15) is 108 Å². The van der Waals surface area contributed by atoms with Crippen LogP contribution in [0.2, 0.25) is 0 Å². The average Bonchev–Trinajstić information content (AvgIpc) is 3.12. The van der Waals surface area contributed by atoms with Crippen LogP contribution in [-0.4, -0.2) is 8.80 Å². The molecule has 0 amide bonds. The van der Waals surface area contributed by atoms with Crippen molar-refractivity contribution in [2.24, 2.45) is 0 Å². The molecule has 0 saturated heterocycles. The molecule has 2 atom stereocenters. The first kappa shape index (κ1) is 42.8. The van der Waals surface area contributed by atoms with Gasteiger partial charge in [-0.05, 0) is 52.4 Å². The summed E-state index contributed by atoms with van der Waals surface area (Å²) in [6, 6.07) is 23.2. The molecule has 4 aromatic carbocycles. The van der Waals surface area contributed by atoms with Crippen molar-refractivity contribution in [1.82, 2.24) is 0 Å². The standard InChI is InChI=1S/C39H51Si.3ClH.Ti/c1-12-28(7)33-20-34(29(8)13-2)22-35(21-33)39-32(11)30(9)31(10)38(39)23-40(36-16-24(3)14-25(4)17-36)37-18-26(5)15-27(6)19-37;;;;/h14-22,28-29,40H,12-13,23H2,1-11H3;3*1H;/q-1;;;;+4/p-3. The van der Waals surface area contributed by atoms with E-state index < -0.39 is 8.80 Å². The third kappa shape index (κ3) is 9.43. The molecular formula is C39H51Cl3SiTi. The van der Waals surface area contributed by atoms with Gasteiger partial charge in [-0.25, -0.2) is 0 Å². The van der Waals surface area contributed by atoms with Crippen molar-refractivity contribution in [2.45, 2.75) is 107 Å². The van der Waals surface area contributed by atoms with Gasteiger partial charge in [-0.2, -0.15) is 11.1 Å². The molecular weight excluding hydrogens is 651 g/mol. The van der Waals surface area contributed by atoms with E-state index in [2.05, 4.69) is 131 Å². The predicted octanol–water partition coefficient (Wildman–Crippen LogP) is 0.391. The van der Waals surface area contributed by atoms with Gasteiger partial charge in [-0.15, -0.1) is 16.7 Å². The zero-order valence-corrected chi connectivity index (χ0v) is 33.7. The van der Waals surface area contributed by atoms with E-state index in [1.807, 2.05) is 0 Å². The van der Waals surface area contributed by atoms with Gasteiger partial charge in [-0.3, -0.25) is 0 Å². The third-order valence-electron chi connectivity index (χ3n) is 9.58. The van der Waals surface area contributed by atoms with Gasteiger partial charge in [0.05, 0.1) is 8.80 Å². The van der Waals surface area contributed by atoms with Crippen molar-refractivity contribution in [3.8, 4) is 11.1 Å². The molecule has 44 heavy (non-hydrogen) atoms. The Bertz CT molecular complexity index is 1400. The molecule has 0 N–H and O–H groups in total. The molecule has 0 heterocycles. The Labute approximate surface area is 304 Å². The Kier molecular flexibility index (Phi) is 17.7. The first-order chi connectivity index (χ1) is 18.9. The summed E-state index contributed by atoms with van der Waals surface area (Å²) in [5.41, 5.74) is 17.5. The van der Waals surface area contributed by atoms with E-state index in [-0.39, 0.29) is 58.9 Å². The van der Waals surface area contributed by atoms with E-state index in [9.17, 15) is 0 Å². The Morgan fingerprint density at radius 2 is 0.955 bits per heavy atom. The molecule has 236 valence electrons. The van der Waals surface area contributed by atoms with Crippen LogP contribution in [0.4, 0.5) is 0 Å². The van der Waals surface area contributed by atoms with E-state index in [0.717, 1.165) is 6.04 Å². The molecule has 0 spiro atoms. The van der Waals surface area contributed by atoms with Crippen molar-refractivity contribution in [1.29, 1.82) is 0 Å². The third-order valence-corrected chi connectivity index (χ3v) is 12.7. The number of hydrogen-bond donors (Lipinski definition) is 0. The summed E-state index contributed by atoms with van der Waals surface area (Å²) in [6.45, 7) is 25.5. The quantitative estimate of drug-likeness (QED) is 0.175.